The van der Waals surface area contributed by atoms with Gasteiger partial charge in [0.25, 0.3) is 0 Å². The van der Waals surface area contributed by atoms with Gasteiger partial charge in [-0.05, 0) is 54.5 Å². The Morgan fingerprint density at radius 2 is 1.92 bits per heavy atom. The summed E-state index contributed by atoms with van der Waals surface area (Å²) in [6.45, 7) is 6.29. The monoisotopic (exact) mass is 370 g/mol. The van der Waals surface area contributed by atoms with Crippen LogP contribution in [-0.2, 0) is 0 Å². The maximum absolute atomic E-state index is 10.2. The van der Waals surface area contributed by atoms with Gasteiger partial charge in [0.05, 0.1) is 11.8 Å². The van der Waals surface area contributed by atoms with Gasteiger partial charge in [0.1, 0.15) is 12.4 Å². The van der Waals surface area contributed by atoms with Crippen LogP contribution in [0.25, 0.3) is 5.69 Å². The van der Waals surface area contributed by atoms with Crippen molar-refractivity contribution < 1.29 is 9.84 Å². The number of aromatic nitrogens is 4. The molecule has 0 radical (unpaired) electrons. The number of aryl methyl sites for hydroxylation is 3. The van der Waals surface area contributed by atoms with Gasteiger partial charge in [-0.3, -0.25) is 0 Å². The number of tetrazole rings is 1. The summed E-state index contributed by atoms with van der Waals surface area (Å²) in [5.74, 6) is 1.23. The number of hydrogen-bond donors (Lipinski definition) is 1. The summed E-state index contributed by atoms with van der Waals surface area (Å²) in [5, 5.41) is 22.8. The van der Waals surface area contributed by atoms with E-state index in [2.05, 4.69) is 28.5 Å². The molecule has 1 heterocycles. The highest BCUT2D eigenvalue weighted by Gasteiger charge is 2.14. The molecule has 1 atom stereocenters. The third kappa shape index (κ3) is 4.42. The Morgan fingerprint density at radius 1 is 1.12 bits per heavy atom. The standard InChI is InChI=1S/C19H22N4O2S/c1-13-8-9-17(15(3)10-13)23-19(20-21-22-23)26-12-16(24)11-25-18-7-5-4-6-14(18)2/h4-10,16,24H,11-12H2,1-3H3/t16-/m1/s1. The molecule has 1 N–H and O–H groups in total. The molecule has 0 aliphatic heterocycles. The van der Waals surface area contributed by atoms with E-state index in [1.54, 1.807) is 4.68 Å². The number of aliphatic hydroxyl groups is 1. The van der Waals surface area contributed by atoms with Gasteiger partial charge in [-0.15, -0.1) is 5.10 Å². The normalized spacial score (nSPS) is 12.2. The summed E-state index contributed by atoms with van der Waals surface area (Å²) in [4.78, 5) is 0. The van der Waals surface area contributed by atoms with Crippen molar-refractivity contribution in [3.8, 4) is 11.4 Å². The molecule has 6 nitrogen and oxygen atoms in total. The van der Waals surface area contributed by atoms with Gasteiger partial charge in [0, 0.05) is 5.75 Å². The highest BCUT2D eigenvalue weighted by molar-refractivity contribution is 7.99. The minimum absolute atomic E-state index is 0.225. The first-order valence-electron chi connectivity index (χ1n) is 8.40. The third-order valence-corrected chi connectivity index (χ3v) is 5.02. The zero-order valence-electron chi connectivity index (χ0n) is 15.1. The van der Waals surface area contributed by atoms with Crippen molar-refractivity contribution >= 4 is 11.8 Å². The Labute approximate surface area is 157 Å². The van der Waals surface area contributed by atoms with Crippen LogP contribution in [0.15, 0.2) is 47.6 Å². The molecule has 3 rings (SSSR count). The topological polar surface area (TPSA) is 73.1 Å². The number of thioether (sulfide) groups is 1. The van der Waals surface area contributed by atoms with Crippen molar-refractivity contribution in [2.75, 3.05) is 12.4 Å². The Bertz CT molecular complexity index is 881. The smallest absolute Gasteiger partial charge is 0.214 e. The predicted octanol–water partition coefficient (Wildman–Crippen LogP) is 3.12. The molecule has 3 aromatic rings. The lowest BCUT2D eigenvalue weighted by atomic mass is 10.1. The minimum Gasteiger partial charge on any atom is -0.491 e. The average Bonchev–Trinajstić information content (AvgIpc) is 3.07. The second-order valence-corrected chi connectivity index (χ2v) is 7.19. The lowest BCUT2D eigenvalue weighted by Crippen LogP contribution is -2.20. The Hall–Kier alpha value is -2.38. The van der Waals surface area contributed by atoms with Crippen molar-refractivity contribution in [3.63, 3.8) is 0 Å². The molecule has 0 saturated heterocycles. The lowest BCUT2D eigenvalue weighted by molar-refractivity contribution is 0.126. The molecule has 0 spiro atoms. The van der Waals surface area contributed by atoms with Crippen LogP contribution in [0, 0.1) is 20.8 Å². The summed E-state index contributed by atoms with van der Waals surface area (Å²) in [6.07, 6.45) is -0.621. The van der Waals surface area contributed by atoms with Gasteiger partial charge in [-0.2, -0.15) is 4.68 Å². The van der Waals surface area contributed by atoms with Crippen molar-refractivity contribution in [1.82, 2.24) is 20.2 Å². The molecule has 0 saturated carbocycles. The van der Waals surface area contributed by atoms with Gasteiger partial charge in [-0.25, -0.2) is 0 Å². The number of ether oxygens (including phenoxy) is 1. The molecule has 0 aliphatic rings. The highest BCUT2D eigenvalue weighted by Crippen LogP contribution is 2.22. The summed E-state index contributed by atoms with van der Waals surface area (Å²) >= 11 is 1.41. The molecular formula is C19H22N4O2S. The molecule has 136 valence electrons. The molecule has 2 aromatic carbocycles. The number of nitrogens with zero attached hydrogens (tertiary/aromatic N) is 4. The van der Waals surface area contributed by atoms with E-state index in [1.165, 1.54) is 17.3 Å². The molecule has 0 unspecified atom stereocenters. The summed E-state index contributed by atoms with van der Waals surface area (Å²) in [6, 6.07) is 13.9. The summed E-state index contributed by atoms with van der Waals surface area (Å²) < 4.78 is 7.40. The zero-order chi connectivity index (χ0) is 18.5. The largest absolute Gasteiger partial charge is 0.491 e. The fourth-order valence-corrected chi connectivity index (χ4v) is 3.38. The van der Waals surface area contributed by atoms with Gasteiger partial charge >= 0.3 is 0 Å². The summed E-state index contributed by atoms with van der Waals surface area (Å²) in [5.41, 5.74) is 4.28. The molecule has 0 amide bonds. The van der Waals surface area contributed by atoms with Crippen LogP contribution in [0.5, 0.6) is 5.75 Å². The maximum Gasteiger partial charge on any atom is 0.214 e. The van der Waals surface area contributed by atoms with E-state index in [4.69, 9.17) is 4.74 Å². The second kappa shape index (κ2) is 8.33. The number of benzene rings is 2. The van der Waals surface area contributed by atoms with Crippen molar-refractivity contribution in [2.45, 2.75) is 32.0 Å². The van der Waals surface area contributed by atoms with Crippen LogP contribution in [0.3, 0.4) is 0 Å². The fraction of sp³-hybridized carbons (Fsp3) is 0.316. The molecule has 1 aromatic heterocycles. The van der Waals surface area contributed by atoms with E-state index in [-0.39, 0.29) is 6.61 Å². The van der Waals surface area contributed by atoms with Crippen LogP contribution in [0.2, 0.25) is 0 Å². The van der Waals surface area contributed by atoms with Crippen molar-refractivity contribution in [2.24, 2.45) is 0 Å². The average molecular weight is 370 g/mol. The van der Waals surface area contributed by atoms with Gasteiger partial charge in [-0.1, -0.05) is 47.7 Å². The molecule has 0 bridgehead atoms. The highest BCUT2D eigenvalue weighted by atomic mass is 32.2. The van der Waals surface area contributed by atoms with Crippen LogP contribution in [-0.4, -0.2) is 43.8 Å². The Balaban J connectivity index is 1.60. The van der Waals surface area contributed by atoms with E-state index in [0.29, 0.717) is 10.9 Å². The van der Waals surface area contributed by atoms with Gasteiger partial charge < -0.3 is 9.84 Å². The fourth-order valence-electron chi connectivity index (χ4n) is 2.59. The van der Waals surface area contributed by atoms with Crippen LogP contribution in [0.1, 0.15) is 16.7 Å². The SMILES string of the molecule is Cc1ccc(-n2nnnc2SC[C@H](O)COc2ccccc2C)c(C)c1. The Kier molecular flexibility index (Phi) is 5.90. The quantitative estimate of drug-likeness (QED) is 0.644. The van der Waals surface area contributed by atoms with E-state index in [0.717, 1.165) is 22.6 Å². The molecule has 7 heteroatoms. The number of aliphatic hydroxyl groups excluding tert-OH is 1. The predicted molar refractivity (Wildman–Crippen MR) is 102 cm³/mol. The Morgan fingerprint density at radius 3 is 2.69 bits per heavy atom. The van der Waals surface area contributed by atoms with Crippen LogP contribution >= 0.6 is 11.8 Å². The minimum atomic E-state index is -0.621. The molecular weight excluding hydrogens is 348 g/mol. The van der Waals surface area contributed by atoms with E-state index in [9.17, 15) is 5.11 Å². The number of para-hydroxylation sites is 1. The first-order valence-corrected chi connectivity index (χ1v) is 9.38. The van der Waals surface area contributed by atoms with Crippen molar-refractivity contribution in [1.29, 1.82) is 0 Å². The summed E-state index contributed by atoms with van der Waals surface area (Å²) in [7, 11) is 0. The zero-order valence-corrected chi connectivity index (χ0v) is 15.9. The molecule has 26 heavy (non-hydrogen) atoms. The van der Waals surface area contributed by atoms with Gasteiger partial charge in [0.2, 0.25) is 5.16 Å². The van der Waals surface area contributed by atoms with Gasteiger partial charge in [0.15, 0.2) is 0 Å². The number of rotatable bonds is 7. The molecule has 0 fully saturated rings. The van der Waals surface area contributed by atoms with E-state index >= 15 is 0 Å². The van der Waals surface area contributed by atoms with Crippen LogP contribution in [0.4, 0.5) is 0 Å². The second-order valence-electron chi connectivity index (χ2n) is 6.20. The molecule has 0 aliphatic carbocycles. The first-order chi connectivity index (χ1) is 12.5. The van der Waals surface area contributed by atoms with Crippen LogP contribution < -0.4 is 4.74 Å². The van der Waals surface area contributed by atoms with E-state index < -0.39 is 6.10 Å². The maximum atomic E-state index is 10.2. The van der Waals surface area contributed by atoms with Crippen molar-refractivity contribution in [3.05, 3.63) is 59.2 Å². The lowest BCUT2D eigenvalue weighted by Gasteiger charge is -2.13. The third-order valence-electron chi connectivity index (χ3n) is 3.95. The number of hydrogen-bond acceptors (Lipinski definition) is 6. The van der Waals surface area contributed by atoms with E-state index in [1.807, 2.05) is 50.2 Å². The first kappa shape index (κ1) is 18.4.